The fraction of sp³-hybridized carbons (Fsp3) is 0.0175. The van der Waals surface area contributed by atoms with Crippen LogP contribution in [-0.4, -0.2) is 38.7 Å². The summed E-state index contributed by atoms with van der Waals surface area (Å²) in [6.45, 7) is -0.0502. The van der Waals surface area contributed by atoms with E-state index in [0.717, 1.165) is 44.1 Å². The molecule has 1 aliphatic carbocycles. The van der Waals surface area contributed by atoms with Crippen LogP contribution in [0.3, 0.4) is 0 Å². The molecule has 6 aromatic heterocycles. The van der Waals surface area contributed by atoms with Gasteiger partial charge < -0.3 is 13.2 Å². The Morgan fingerprint density at radius 1 is 0.323 bits per heavy atom. The summed E-state index contributed by atoms with van der Waals surface area (Å²) in [5, 5.41) is 2.24. The number of aromatic nitrogens is 7. The molecule has 0 radical (unpaired) electrons. The SMILES string of the molecule is c1ccc2c(c1)-c1ccccc1C21c2cccc3c2n2c4c1cccc4n1c4ccccc4c4nc5cccc6c5n4c4c5c7c(c2c41)n3c1ccccc1c1nc2cccc(c2n17)B65. The second kappa shape index (κ2) is 9.79. The minimum absolute atomic E-state index is 0.0502. The van der Waals surface area contributed by atoms with E-state index >= 15 is 0 Å². The minimum Gasteiger partial charge on any atom is -0.304 e. The molecule has 0 saturated carbocycles. The van der Waals surface area contributed by atoms with E-state index in [1.807, 2.05) is 0 Å². The van der Waals surface area contributed by atoms with Crippen LogP contribution in [0.1, 0.15) is 22.3 Å². The Bertz CT molecular complexity index is 4670. The van der Waals surface area contributed by atoms with Gasteiger partial charge in [-0.3, -0.25) is 8.80 Å². The van der Waals surface area contributed by atoms with Crippen molar-refractivity contribution >= 4 is 128 Å². The van der Waals surface area contributed by atoms with E-state index in [1.54, 1.807) is 0 Å². The van der Waals surface area contributed by atoms with Gasteiger partial charge in [0.15, 0.2) is 0 Å². The summed E-state index contributed by atoms with van der Waals surface area (Å²) in [6.07, 6.45) is 0. The molecule has 1 spiro atoms. The number of hydrogen-bond donors (Lipinski definition) is 0. The highest BCUT2D eigenvalue weighted by Gasteiger charge is 2.51. The van der Waals surface area contributed by atoms with E-state index in [-0.39, 0.29) is 6.71 Å². The van der Waals surface area contributed by atoms with E-state index in [9.17, 15) is 0 Å². The topological polar surface area (TPSA) is 47.8 Å². The first-order chi connectivity index (χ1) is 32.3. The van der Waals surface area contributed by atoms with Crippen molar-refractivity contribution in [1.29, 1.82) is 0 Å². The van der Waals surface area contributed by atoms with Gasteiger partial charge in [-0.15, -0.1) is 0 Å². The number of benzene rings is 9. The maximum atomic E-state index is 5.64. The van der Waals surface area contributed by atoms with Gasteiger partial charge in [0.05, 0.1) is 88.2 Å². The molecule has 0 N–H and O–H groups in total. The first kappa shape index (κ1) is 31.3. The van der Waals surface area contributed by atoms with Crippen molar-refractivity contribution in [2.24, 2.45) is 0 Å². The smallest absolute Gasteiger partial charge is 0.252 e. The molecule has 4 aliphatic rings. The van der Waals surface area contributed by atoms with Crippen molar-refractivity contribution < 1.29 is 0 Å². The zero-order valence-corrected chi connectivity index (χ0v) is 34.4. The Balaban J connectivity index is 1.27. The molecule has 0 amide bonds. The second-order valence-corrected chi connectivity index (χ2v) is 18.8. The highest BCUT2D eigenvalue weighted by atomic mass is 15.1. The third kappa shape index (κ3) is 2.95. The van der Waals surface area contributed by atoms with Crippen LogP contribution in [0.2, 0.25) is 0 Å². The number of rotatable bonds is 0. The van der Waals surface area contributed by atoms with Crippen LogP contribution >= 0.6 is 0 Å². The quantitative estimate of drug-likeness (QED) is 0.0869. The van der Waals surface area contributed by atoms with Crippen molar-refractivity contribution in [1.82, 2.24) is 32.0 Å². The fourth-order valence-electron chi connectivity index (χ4n) is 14.4. The fourth-order valence-corrected chi connectivity index (χ4v) is 14.4. The third-order valence-corrected chi connectivity index (χ3v) is 16.3. The van der Waals surface area contributed by atoms with Crippen LogP contribution in [0.15, 0.2) is 170 Å². The summed E-state index contributed by atoms with van der Waals surface area (Å²) in [5.74, 6) is 0. The normalized spacial score (nSPS) is 14.9. The van der Waals surface area contributed by atoms with Crippen molar-refractivity contribution in [3.05, 3.63) is 192 Å². The molecular formula is C57H28BN7. The van der Waals surface area contributed by atoms with Gasteiger partial charge in [0.1, 0.15) is 11.3 Å². The van der Waals surface area contributed by atoms with Gasteiger partial charge in [-0.05, 0) is 98.3 Å². The van der Waals surface area contributed by atoms with Crippen LogP contribution in [0, 0.1) is 0 Å². The molecule has 7 nitrogen and oxygen atoms in total. The highest BCUT2D eigenvalue weighted by molar-refractivity contribution is 7.01. The van der Waals surface area contributed by atoms with Gasteiger partial charge in [0, 0.05) is 10.8 Å². The van der Waals surface area contributed by atoms with Gasteiger partial charge >= 0.3 is 0 Å². The summed E-state index contributed by atoms with van der Waals surface area (Å²) < 4.78 is 13.1. The van der Waals surface area contributed by atoms with Crippen LogP contribution < -0.4 is 16.4 Å². The Morgan fingerprint density at radius 2 is 0.754 bits per heavy atom. The predicted octanol–water partition coefficient (Wildman–Crippen LogP) is 10.2. The third-order valence-electron chi connectivity index (χ3n) is 16.3. The molecule has 0 saturated heterocycles. The maximum Gasteiger partial charge on any atom is 0.252 e. The van der Waals surface area contributed by atoms with Crippen LogP contribution in [-0.2, 0) is 5.41 Å². The molecule has 15 aromatic rings. The van der Waals surface area contributed by atoms with Gasteiger partial charge in [-0.1, -0.05) is 121 Å². The van der Waals surface area contributed by atoms with Gasteiger partial charge in [-0.2, -0.15) is 0 Å². The van der Waals surface area contributed by atoms with Crippen molar-refractivity contribution in [3.63, 3.8) is 0 Å². The molecule has 8 heteroatoms. The predicted molar refractivity (Wildman–Crippen MR) is 264 cm³/mol. The highest BCUT2D eigenvalue weighted by Crippen LogP contribution is 2.60. The molecule has 0 bridgehead atoms. The maximum absolute atomic E-state index is 5.64. The summed E-state index contributed by atoms with van der Waals surface area (Å²) in [4.78, 5) is 11.3. The molecule has 19 rings (SSSR count). The number of hydrogen-bond acceptors (Lipinski definition) is 2. The van der Waals surface area contributed by atoms with Crippen LogP contribution in [0.4, 0.5) is 0 Å². The molecule has 3 aliphatic heterocycles. The molecule has 294 valence electrons. The van der Waals surface area contributed by atoms with Crippen molar-refractivity contribution in [3.8, 4) is 11.1 Å². The van der Waals surface area contributed by atoms with Gasteiger partial charge in [-0.25, -0.2) is 9.97 Å². The number of nitrogens with zero attached hydrogens (tertiary/aromatic N) is 7. The van der Waals surface area contributed by atoms with E-state index in [1.165, 1.54) is 110 Å². The lowest BCUT2D eigenvalue weighted by Gasteiger charge is -2.40. The summed E-state index contributed by atoms with van der Waals surface area (Å²) in [7, 11) is 0. The van der Waals surface area contributed by atoms with E-state index in [0.29, 0.717) is 0 Å². The molecule has 9 aromatic carbocycles. The summed E-state index contributed by atoms with van der Waals surface area (Å²) >= 11 is 0. The van der Waals surface area contributed by atoms with E-state index < -0.39 is 5.41 Å². The molecule has 9 heterocycles. The molecular weight excluding hydrogens is 793 g/mol. The van der Waals surface area contributed by atoms with Crippen LogP contribution in [0.5, 0.6) is 0 Å². The van der Waals surface area contributed by atoms with Gasteiger partial charge in [0.25, 0.3) is 6.71 Å². The van der Waals surface area contributed by atoms with Crippen molar-refractivity contribution in [2.45, 2.75) is 5.41 Å². The van der Waals surface area contributed by atoms with Gasteiger partial charge in [0.2, 0.25) is 0 Å². The number of para-hydroxylation sites is 6. The van der Waals surface area contributed by atoms with E-state index in [4.69, 9.17) is 9.97 Å². The standard InChI is InChI=1S/C57H28BN7/c1-5-17-33-29(13-1)30-14-2-6-18-34(30)57(33)35-19-9-27-43-46(35)63-47-36(57)20-10-28-44(47)62-42-26-8-4-16-32(42)56-60-40-24-12-22-38-49(40)65(56)51-45-50-52(54(63)53(51)62)61(43)41-25-7-3-15-31(41)55-59-39-23-11-21-37(58(38)45)48(39)64(50)55/h1-28H. The molecule has 0 unspecified atom stereocenters. The second-order valence-electron chi connectivity index (χ2n) is 18.8. The zero-order valence-electron chi connectivity index (χ0n) is 34.4. The summed E-state index contributed by atoms with van der Waals surface area (Å²) in [6, 6.07) is 64.1. The first-order valence-corrected chi connectivity index (χ1v) is 22.7. The zero-order chi connectivity index (χ0) is 41.3. The Labute approximate surface area is 367 Å². The Hall–Kier alpha value is -8.62. The monoisotopic (exact) mass is 821 g/mol. The Kier molecular flexibility index (Phi) is 4.71. The molecule has 0 fully saturated rings. The number of fused-ring (bicyclic) bond motifs is 17. The minimum atomic E-state index is -0.588. The average molecular weight is 822 g/mol. The lowest BCUT2D eigenvalue weighted by molar-refractivity contribution is 0.766. The molecule has 0 atom stereocenters. The first-order valence-electron chi connectivity index (χ1n) is 22.7. The van der Waals surface area contributed by atoms with Crippen molar-refractivity contribution in [2.75, 3.05) is 0 Å². The summed E-state index contributed by atoms with van der Waals surface area (Å²) in [5.41, 5.74) is 30.6. The average Bonchev–Trinajstić information content (AvgIpc) is 3.98. The lowest BCUT2D eigenvalue weighted by atomic mass is 9.34. The van der Waals surface area contributed by atoms with Crippen LogP contribution in [0.25, 0.3) is 116 Å². The van der Waals surface area contributed by atoms with E-state index in [2.05, 4.69) is 192 Å². The Morgan fingerprint density at radius 3 is 1.29 bits per heavy atom. The number of imidazole rings is 2. The lowest BCUT2D eigenvalue weighted by Crippen LogP contribution is -2.57. The largest absolute Gasteiger partial charge is 0.304 e. The molecule has 65 heavy (non-hydrogen) atoms.